The van der Waals surface area contributed by atoms with Crippen LogP contribution in [0.3, 0.4) is 0 Å². The summed E-state index contributed by atoms with van der Waals surface area (Å²) in [6.45, 7) is 0. The zero-order valence-corrected chi connectivity index (χ0v) is 7.08. The molecule has 56 valence electrons. The van der Waals surface area contributed by atoms with Crippen molar-refractivity contribution in [3.8, 4) is 0 Å². The van der Waals surface area contributed by atoms with Gasteiger partial charge in [-0.3, -0.25) is 0 Å². The van der Waals surface area contributed by atoms with Crippen LogP contribution in [0, 0.1) is 0 Å². The maximum absolute atomic E-state index is 5.89. The number of hydrogen-bond acceptors (Lipinski definition) is 0. The second-order valence-electron chi connectivity index (χ2n) is 2.32. The van der Waals surface area contributed by atoms with E-state index in [0.717, 1.165) is 15.9 Å². The lowest BCUT2D eigenvalue weighted by atomic mass is 10.2. The van der Waals surface area contributed by atoms with Crippen LogP contribution in [-0.4, -0.2) is 4.98 Å². The normalized spacial score (nSPS) is 10.7. The fourth-order valence-corrected chi connectivity index (χ4v) is 1.52. The minimum absolute atomic E-state index is 0.619. The Morgan fingerprint density at radius 2 is 2.00 bits per heavy atom. The second kappa shape index (κ2) is 2.43. The largest absolute Gasteiger partial charge is 0.346 e. The first kappa shape index (κ1) is 7.01. The summed E-state index contributed by atoms with van der Waals surface area (Å²) in [5, 5.41) is 2.32. The minimum Gasteiger partial charge on any atom is -0.346 e. The van der Waals surface area contributed by atoms with Gasteiger partial charge in [0.05, 0.1) is 0 Å². The highest BCUT2D eigenvalue weighted by molar-refractivity contribution is 6.36. The number of aromatic nitrogens is 1. The van der Waals surface area contributed by atoms with E-state index >= 15 is 0 Å². The highest BCUT2D eigenvalue weighted by Gasteiger charge is 2.00. The van der Waals surface area contributed by atoms with Crippen LogP contribution in [0.4, 0.5) is 0 Å². The third kappa shape index (κ3) is 1.10. The highest BCUT2D eigenvalue weighted by atomic mass is 35.5. The Balaban J connectivity index is 2.90. The van der Waals surface area contributed by atoms with Gasteiger partial charge in [-0.15, -0.1) is 0 Å². The SMILES string of the molecule is Clc1cc2c(Cl)cccc2[nH]1. The van der Waals surface area contributed by atoms with Gasteiger partial charge in [-0.2, -0.15) is 0 Å². The summed E-state index contributed by atoms with van der Waals surface area (Å²) in [6, 6.07) is 7.48. The Morgan fingerprint density at radius 3 is 2.73 bits per heavy atom. The van der Waals surface area contributed by atoms with E-state index < -0.39 is 0 Å². The number of H-pyrrole nitrogens is 1. The van der Waals surface area contributed by atoms with Crippen LogP contribution in [0.5, 0.6) is 0 Å². The van der Waals surface area contributed by atoms with Gasteiger partial charge in [0, 0.05) is 15.9 Å². The molecule has 0 aliphatic rings. The van der Waals surface area contributed by atoms with Gasteiger partial charge >= 0.3 is 0 Å². The second-order valence-corrected chi connectivity index (χ2v) is 3.13. The quantitative estimate of drug-likeness (QED) is 0.648. The summed E-state index contributed by atoms with van der Waals surface area (Å²) in [5.41, 5.74) is 0.975. The summed E-state index contributed by atoms with van der Waals surface area (Å²) >= 11 is 11.6. The van der Waals surface area contributed by atoms with E-state index in [9.17, 15) is 0 Å². The fraction of sp³-hybridized carbons (Fsp3) is 0. The first-order valence-corrected chi connectivity index (χ1v) is 3.96. The molecule has 0 amide bonds. The van der Waals surface area contributed by atoms with Crippen LogP contribution in [0.15, 0.2) is 24.3 Å². The van der Waals surface area contributed by atoms with E-state index in [1.165, 1.54) is 0 Å². The maximum atomic E-state index is 5.89. The molecule has 1 aromatic carbocycles. The fourth-order valence-electron chi connectivity index (χ4n) is 1.08. The monoisotopic (exact) mass is 185 g/mol. The van der Waals surface area contributed by atoms with E-state index in [1.807, 2.05) is 24.3 Å². The number of nitrogens with one attached hydrogen (secondary N) is 1. The van der Waals surface area contributed by atoms with Crippen molar-refractivity contribution < 1.29 is 0 Å². The van der Waals surface area contributed by atoms with E-state index in [4.69, 9.17) is 23.2 Å². The van der Waals surface area contributed by atoms with Crippen LogP contribution in [0.2, 0.25) is 10.2 Å². The molecule has 0 atom stereocenters. The summed E-state index contributed by atoms with van der Waals surface area (Å²) < 4.78 is 0. The van der Waals surface area contributed by atoms with Crippen molar-refractivity contribution in [3.63, 3.8) is 0 Å². The van der Waals surface area contributed by atoms with Crippen LogP contribution < -0.4 is 0 Å². The Labute approximate surface area is 73.9 Å². The van der Waals surface area contributed by atoms with Gasteiger partial charge in [0.15, 0.2) is 0 Å². The van der Waals surface area contributed by atoms with Crippen molar-refractivity contribution in [2.24, 2.45) is 0 Å². The van der Waals surface area contributed by atoms with Gasteiger partial charge in [-0.05, 0) is 18.2 Å². The molecule has 2 rings (SSSR count). The first-order valence-electron chi connectivity index (χ1n) is 3.20. The number of hydrogen-bond donors (Lipinski definition) is 1. The van der Waals surface area contributed by atoms with Crippen LogP contribution >= 0.6 is 23.2 Å². The first-order chi connectivity index (χ1) is 5.27. The standard InChI is InChI=1S/C8H5Cl2N/c9-6-2-1-3-7-5(6)4-8(10)11-7/h1-4,11H. The van der Waals surface area contributed by atoms with Crippen molar-refractivity contribution in [2.45, 2.75) is 0 Å². The summed E-state index contributed by atoms with van der Waals surface area (Å²) in [6.07, 6.45) is 0. The Bertz CT molecular complexity index is 392. The molecule has 1 N–H and O–H groups in total. The molecule has 2 aromatic rings. The number of halogens is 2. The third-order valence-corrected chi connectivity index (χ3v) is 2.11. The number of fused-ring (bicyclic) bond motifs is 1. The van der Waals surface area contributed by atoms with E-state index in [1.54, 1.807) is 0 Å². The van der Waals surface area contributed by atoms with Gasteiger partial charge in [0.2, 0.25) is 0 Å². The molecule has 1 nitrogen and oxygen atoms in total. The minimum atomic E-state index is 0.619. The lowest BCUT2D eigenvalue weighted by Crippen LogP contribution is -1.66. The summed E-state index contributed by atoms with van der Waals surface area (Å²) in [4.78, 5) is 2.98. The molecule has 3 heteroatoms. The zero-order valence-electron chi connectivity index (χ0n) is 5.57. The molecule has 0 spiro atoms. The van der Waals surface area contributed by atoms with Crippen molar-refractivity contribution in [1.29, 1.82) is 0 Å². The van der Waals surface area contributed by atoms with Crippen LogP contribution in [0.25, 0.3) is 10.9 Å². The maximum Gasteiger partial charge on any atom is 0.107 e. The molecule has 0 bridgehead atoms. The molecule has 1 aromatic heterocycles. The van der Waals surface area contributed by atoms with Gasteiger partial charge < -0.3 is 4.98 Å². The Kier molecular flexibility index (Phi) is 1.55. The molecule has 0 unspecified atom stereocenters. The molecule has 1 heterocycles. The van der Waals surface area contributed by atoms with Gasteiger partial charge in [0.25, 0.3) is 0 Å². The van der Waals surface area contributed by atoms with Gasteiger partial charge in [0.1, 0.15) is 5.15 Å². The Morgan fingerprint density at radius 1 is 1.18 bits per heavy atom. The number of aromatic amines is 1. The van der Waals surface area contributed by atoms with Crippen LogP contribution in [0.1, 0.15) is 0 Å². The van der Waals surface area contributed by atoms with Gasteiger partial charge in [-0.25, -0.2) is 0 Å². The topological polar surface area (TPSA) is 15.8 Å². The van der Waals surface area contributed by atoms with Crippen molar-refractivity contribution in [3.05, 3.63) is 34.4 Å². The molecule has 0 saturated heterocycles. The summed E-state index contributed by atoms with van der Waals surface area (Å²) in [7, 11) is 0. The predicted octanol–water partition coefficient (Wildman–Crippen LogP) is 3.47. The lowest BCUT2D eigenvalue weighted by molar-refractivity contribution is 1.48. The Hall–Kier alpha value is -0.660. The van der Waals surface area contributed by atoms with Crippen molar-refractivity contribution in [2.75, 3.05) is 0 Å². The lowest BCUT2D eigenvalue weighted by Gasteiger charge is -1.89. The number of benzene rings is 1. The molecule has 0 aliphatic carbocycles. The van der Waals surface area contributed by atoms with E-state index in [-0.39, 0.29) is 0 Å². The molecular weight excluding hydrogens is 181 g/mol. The van der Waals surface area contributed by atoms with E-state index in [0.29, 0.717) is 5.15 Å². The molecule has 0 fully saturated rings. The molecule has 0 saturated carbocycles. The van der Waals surface area contributed by atoms with Crippen LogP contribution in [-0.2, 0) is 0 Å². The highest BCUT2D eigenvalue weighted by Crippen LogP contribution is 2.25. The van der Waals surface area contributed by atoms with Gasteiger partial charge in [-0.1, -0.05) is 29.3 Å². The average molecular weight is 186 g/mol. The molecule has 0 aliphatic heterocycles. The predicted molar refractivity (Wildman–Crippen MR) is 48.3 cm³/mol. The molecular formula is C8H5Cl2N. The third-order valence-electron chi connectivity index (χ3n) is 1.58. The van der Waals surface area contributed by atoms with E-state index in [2.05, 4.69) is 4.98 Å². The smallest absolute Gasteiger partial charge is 0.107 e. The molecule has 11 heavy (non-hydrogen) atoms. The summed E-state index contributed by atoms with van der Waals surface area (Å²) in [5.74, 6) is 0. The average Bonchev–Trinajstić information content (AvgIpc) is 2.31. The molecule has 0 radical (unpaired) electrons. The van der Waals surface area contributed by atoms with Crippen molar-refractivity contribution in [1.82, 2.24) is 4.98 Å². The zero-order chi connectivity index (χ0) is 7.84. The number of rotatable bonds is 0. The van der Waals surface area contributed by atoms with Crippen molar-refractivity contribution >= 4 is 34.1 Å².